The first kappa shape index (κ1) is 25.5. The number of anilines is 2. The van der Waals surface area contributed by atoms with Crippen LogP contribution in [0.2, 0.25) is 5.02 Å². The van der Waals surface area contributed by atoms with Gasteiger partial charge in [-0.3, -0.25) is 14.4 Å². The lowest BCUT2D eigenvalue weighted by Gasteiger charge is -2.11. The fourth-order valence-electron chi connectivity index (χ4n) is 3.17. The Morgan fingerprint density at radius 3 is 2.34 bits per heavy atom. The van der Waals surface area contributed by atoms with Gasteiger partial charge >= 0.3 is 11.8 Å². The Morgan fingerprint density at radius 1 is 0.886 bits per heavy atom. The Kier molecular flexibility index (Phi) is 8.58. The van der Waals surface area contributed by atoms with Gasteiger partial charge in [0.2, 0.25) is 0 Å². The van der Waals surface area contributed by atoms with Gasteiger partial charge < -0.3 is 15.4 Å². The lowest BCUT2D eigenvalue weighted by Crippen LogP contribution is -2.32. The molecule has 180 valence electrons. The van der Waals surface area contributed by atoms with Gasteiger partial charge in [-0.05, 0) is 61.7 Å². The highest BCUT2D eigenvalue weighted by atomic mass is 35.5. The molecular weight excluding hydrogens is 468 g/mol. The summed E-state index contributed by atoms with van der Waals surface area (Å²) in [6, 6.07) is 17.6. The number of carbonyl (C=O) groups excluding carboxylic acids is 3. The molecule has 0 aliphatic rings. The van der Waals surface area contributed by atoms with Crippen molar-refractivity contribution in [1.29, 1.82) is 0 Å². The average Bonchev–Trinajstić information content (AvgIpc) is 2.83. The van der Waals surface area contributed by atoms with Crippen LogP contribution in [0.25, 0.3) is 0 Å². The Morgan fingerprint density at radius 2 is 1.60 bits per heavy atom. The molecule has 3 rings (SSSR count). The summed E-state index contributed by atoms with van der Waals surface area (Å²) in [4.78, 5) is 36.7. The summed E-state index contributed by atoms with van der Waals surface area (Å²) in [5.74, 6) is -1.74. The van der Waals surface area contributed by atoms with Gasteiger partial charge in [-0.1, -0.05) is 48.0 Å². The number of hydrogen-bond donors (Lipinski definition) is 3. The number of hydrogen-bond acceptors (Lipinski definition) is 5. The summed E-state index contributed by atoms with van der Waals surface area (Å²) in [6.45, 7) is 5.29. The molecule has 0 saturated heterocycles. The van der Waals surface area contributed by atoms with Crippen molar-refractivity contribution in [2.45, 2.75) is 20.8 Å². The van der Waals surface area contributed by atoms with Crippen LogP contribution in [0.1, 0.15) is 22.3 Å². The predicted octanol–water partition coefficient (Wildman–Crippen LogP) is 4.37. The monoisotopic (exact) mass is 492 g/mol. The maximum Gasteiger partial charge on any atom is 0.329 e. The van der Waals surface area contributed by atoms with Gasteiger partial charge in [0.25, 0.3) is 5.91 Å². The molecule has 3 aromatic rings. The van der Waals surface area contributed by atoms with E-state index in [4.69, 9.17) is 16.3 Å². The van der Waals surface area contributed by atoms with E-state index < -0.39 is 11.8 Å². The van der Waals surface area contributed by atoms with E-state index in [-0.39, 0.29) is 12.5 Å². The van der Waals surface area contributed by atoms with E-state index in [1.807, 2.05) is 39.0 Å². The number of ether oxygens (including phenoxy) is 1. The van der Waals surface area contributed by atoms with Gasteiger partial charge in [-0.2, -0.15) is 5.10 Å². The Labute approximate surface area is 208 Å². The second kappa shape index (κ2) is 11.8. The fourth-order valence-corrected chi connectivity index (χ4v) is 3.34. The van der Waals surface area contributed by atoms with Gasteiger partial charge in [0.15, 0.2) is 6.61 Å². The fraction of sp³-hybridized carbons (Fsp3) is 0.154. The predicted molar refractivity (Wildman–Crippen MR) is 137 cm³/mol. The lowest BCUT2D eigenvalue weighted by atomic mass is 10.1. The van der Waals surface area contributed by atoms with Crippen LogP contribution < -0.4 is 20.8 Å². The summed E-state index contributed by atoms with van der Waals surface area (Å²) >= 11 is 5.99. The minimum absolute atomic E-state index is 0.249. The van der Waals surface area contributed by atoms with Gasteiger partial charge in [0, 0.05) is 22.0 Å². The first-order valence-electron chi connectivity index (χ1n) is 10.7. The molecular formula is C26H25ClN4O4. The minimum atomic E-state index is -0.918. The smallest absolute Gasteiger partial charge is 0.329 e. The van der Waals surface area contributed by atoms with Crippen molar-refractivity contribution in [3.8, 4) is 5.75 Å². The molecule has 3 amide bonds. The highest BCUT2D eigenvalue weighted by Gasteiger charge is 2.15. The number of aryl methyl sites for hydroxylation is 3. The van der Waals surface area contributed by atoms with Gasteiger partial charge in [0.05, 0.1) is 6.21 Å². The van der Waals surface area contributed by atoms with Crippen molar-refractivity contribution in [1.82, 2.24) is 5.43 Å². The number of nitrogens with one attached hydrogen (secondary N) is 3. The third-order valence-corrected chi connectivity index (χ3v) is 5.28. The van der Waals surface area contributed by atoms with Crippen molar-refractivity contribution in [3.63, 3.8) is 0 Å². The standard InChI is InChI=1S/C26H25ClN4O4/c1-16-11-12-20(27)13-21(16)29-23(32)15-35-22-10-5-4-9-19(22)14-28-31-26(34)25(33)30-24-17(2)7-6-8-18(24)3/h4-14H,15H2,1-3H3,(H,29,32)(H,30,33)(H,31,34)/b28-14-. The van der Waals surface area contributed by atoms with Crippen molar-refractivity contribution in [2.24, 2.45) is 5.10 Å². The van der Waals surface area contributed by atoms with E-state index in [1.165, 1.54) is 6.21 Å². The van der Waals surface area contributed by atoms with E-state index in [0.717, 1.165) is 16.7 Å². The number of para-hydroxylation sites is 2. The molecule has 0 aliphatic heterocycles. The van der Waals surface area contributed by atoms with Crippen LogP contribution >= 0.6 is 11.6 Å². The summed E-state index contributed by atoms with van der Waals surface area (Å²) in [5, 5.41) is 9.71. The van der Waals surface area contributed by atoms with Crippen molar-refractivity contribution in [3.05, 3.63) is 87.9 Å². The van der Waals surface area contributed by atoms with Gasteiger partial charge in [-0.25, -0.2) is 5.43 Å². The molecule has 0 bridgehead atoms. The van der Waals surface area contributed by atoms with E-state index in [1.54, 1.807) is 42.5 Å². The first-order valence-corrected chi connectivity index (χ1v) is 11.1. The molecule has 0 heterocycles. The molecule has 0 saturated carbocycles. The lowest BCUT2D eigenvalue weighted by molar-refractivity contribution is -0.136. The van der Waals surface area contributed by atoms with E-state index in [0.29, 0.717) is 27.7 Å². The van der Waals surface area contributed by atoms with Crippen LogP contribution in [0.3, 0.4) is 0 Å². The Hall–Kier alpha value is -4.17. The number of rotatable bonds is 7. The normalized spacial score (nSPS) is 10.6. The zero-order valence-electron chi connectivity index (χ0n) is 19.5. The summed E-state index contributed by atoms with van der Waals surface area (Å²) in [6.07, 6.45) is 1.33. The van der Waals surface area contributed by atoms with Crippen LogP contribution in [0.4, 0.5) is 11.4 Å². The number of nitrogens with zero attached hydrogens (tertiary/aromatic N) is 1. The maximum absolute atomic E-state index is 12.3. The second-order valence-electron chi connectivity index (χ2n) is 7.75. The summed E-state index contributed by atoms with van der Waals surface area (Å²) in [5.41, 5.74) is 6.45. The minimum Gasteiger partial charge on any atom is -0.483 e. The van der Waals surface area contributed by atoms with Gasteiger partial charge in [0.1, 0.15) is 5.75 Å². The quantitative estimate of drug-likeness (QED) is 0.258. The molecule has 8 nitrogen and oxygen atoms in total. The topological polar surface area (TPSA) is 109 Å². The molecule has 35 heavy (non-hydrogen) atoms. The molecule has 0 aliphatic carbocycles. The molecule has 0 unspecified atom stereocenters. The van der Waals surface area contributed by atoms with Crippen molar-refractivity contribution >= 4 is 46.9 Å². The average molecular weight is 493 g/mol. The molecule has 0 radical (unpaired) electrons. The third-order valence-electron chi connectivity index (χ3n) is 5.05. The second-order valence-corrected chi connectivity index (χ2v) is 8.19. The molecule has 0 aromatic heterocycles. The van der Waals surface area contributed by atoms with Gasteiger partial charge in [-0.15, -0.1) is 0 Å². The number of hydrazone groups is 1. The summed E-state index contributed by atoms with van der Waals surface area (Å²) in [7, 11) is 0. The third kappa shape index (κ3) is 7.15. The van der Waals surface area contributed by atoms with E-state index >= 15 is 0 Å². The first-order chi connectivity index (χ1) is 16.7. The van der Waals surface area contributed by atoms with Crippen LogP contribution in [0, 0.1) is 20.8 Å². The molecule has 3 aromatic carbocycles. The summed E-state index contributed by atoms with van der Waals surface area (Å²) < 4.78 is 5.62. The maximum atomic E-state index is 12.3. The van der Waals surface area contributed by atoms with Crippen LogP contribution in [-0.2, 0) is 14.4 Å². The molecule has 0 atom stereocenters. The molecule has 0 spiro atoms. The largest absolute Gasteiger partial charge is 0.483 e. The number of benzene rings is 3. The molecule has 0 fully saturated rings. The number of halogens is 1. The highest BCUT2D eigenvalue weighted by Crippen LogP contribution is 2.21. The SMILES string of the molecule is Cc1ccc(Cl)cc1NC(=O)COc1ccccc1/C=N\NC(=O)C(=O)Nc1c(C)cccc1C. The number of amides is 3. The van der Waals surface area contributed by atoms with E-state index in [2.05, 4.69) is 21.2 Å². The van der Waals surface area contributed by atoms with Crippen LogP contribution in [0.15, 0.2) is 65.8 Å². The van der Waals surface area contributed by atoms with Crippen LogP contribution in [-0.4, -0.2) is 30.5 Å². The van der Waals surface area contributed by atoms with E-state index in [9.17, 15) is 14.4 Å². The van der Waals surface area contributed by atoms with Crippen LogP contribution in [0.5, 0.6) is 5.75 Å². The highest BCUT2D eigenvalue weighted by molar-refractivity contribution is 6.39. The number of carbonyl (C=O) groups is 3. The molecule has 3 N–H and O–H groups in total. The van der Waals surface area contributed by atoms with Crippen molar-refractivity contribution in [2.75, 3.05) is 17.2 Å². The van der Waals surface area contributed by atoms with Crippen molar-refractivity contribution < 1.29 is 19.1 Å². The Balaban J connectivity index is 1.57. The Bertz CT molecular complexity index is 1270. The zero-order valence-corrected chi connectivity index (χ0v) is 20.3. The molecule has 9 heteroatoms. The zero-order chi connectivity index (χ0) is 25.4.